The van der Waals surface area contributed by atoms with Gasteiger partial charge in [-0.25, -0.2) is 4.99 Å². The fourth-order valence-electron chi connectivity index (χ4n) is 5.21. The molecule has 2 aliphatic heterocycles. The van der Waals surface area contributed by atoms with Crippen LogP contribution in [0.4, 0.5) is 11.4 Å². The van der Waals surface area contributed by atoms with E-state index in [9.17, 15) is 9.59 Å². The Morgan fingerprint density at radius 2 is 1.88 bits per heavy atom. The summed E-state index contributed by atoms with van der Waals surface area (Å²) in [7, 11) is 0. The Balaban J connectivity index is 1.39. The molecule has 8 heteroatoms. The van der Waals surface area contributed by atoms with Gasteiger partial charge < -0.3 is 20.9 Å². The first-order valence-electron chi connectivity index (χ1n) is 11.9. The minimum Gasteiger partial charge on any atom is -0.383 e. The van der Waals surface area contributed by atoms with Crippen LogP contribution in [0.5, 0.6) is 0 Å². The molecule has 2 fully saturated rings. The average Bonchev–Trinajstić information content (AvgIpc) is 3.16. The molecule has 174 valence electrons. The summed E-state index contributed by atoms with van der Waals surface area (Å²) in [5, 5.41) is 3.51. The van der Waals surface area contributed by atoms with E-state index in [1.54, 1.807) is 6.20 Å². The number of aliphatic imine (C=N–C) groups is 1. The highest BCUT2D eigenvalue weighted by Gasteiger charge is 2.33. The number of hydrogen-bond donors (Lipinski definition) is 3. The predicted molar refractivity (Wildman–Crippen MR) is 135 cm³/mol. The van der Waals surface area contributed by atoms with Crippen molar-refractivity contribution < 1.29 is 4.79 Å². The number of nitrogens with two attached hydrogens (primary N) is 1. The number of nitrogens with one attached hydrogen (secondary N) is 2. The van der Waals surface area contributed by atoms with E-state index < -0.39 is 0 Å². The molecule has 1 saturated carbocycles. The molecule has 1 saturated heterocycles. The van der Waals surface area contributed by atoms with E-state index in [-0.39, 0.29) is 17.3 Å². The Bertz CT molecular complexity index is 1120. The monoisotopic (exact) mass is 465 g/mol. The number of anilines is 1. The second-order valence-corrected chi connectivity index (χ2v) is 10.4. The van der Waals surface area contributed by atoms with Crippen LogP contribution in [0.3, 0.4) is 0 Å². The molecule has 2 aromatic rings. The second-order valence-electron chi connectivity index (χ2n) is 9.19. The number of fused-ring (bicyclic) bond motifs is 1. The number of amidine groups is 1. The summed E-state index contributed by atoms with van der Waals surface area (Å²) in [5.74, 6) is 2.52. The molecule has 0 unspecified atom stereocenters. The van der Waals surface area contributed by atoms with Gasteiger partial charge in [0.15, 0.2) is 0 Å². The first kappa shape index (κ1) is 22.1. The molecule has 0 atom stereocenters. The zero-order valence-electron chi connectivity index (χ0n) is 18.8. The number of benzene rings is 1. The number of aromatic nitrogens is 1. The van der Waals surface area contributed by atoms with Crippen molar-refractivity contribution in [2.24, 2.45) is 10.7 Å². The Labute approximate surface area is 198 Å². The highest BCUT2D eigenvalue weighted by atomic mass is 32.2. The molecule has 0 radical (unpaired) electrons. The van der Waals surface area contributed by atoms with E-state index >= 15 is 0 Å². The van der Waals surface area contributed by atoms with Crippen LogP contribution in [0.25, 0.3) is 0 Å². The smallest absolute Gasteiger partial charge is 0.261 e. The van der Waals surface area contributed by atoms with Crippen molar-refractivity contribution in [2.75, 3.05) is 16.8 Å². The molecule has 33 heavy (non-hydrogen) atoms. The quantitative estimate of drug-likeness (QED) is 0.457. The first-order valence-corrected chi connectivity index (χ1v) is 13.1. The fourth-order valence-corrected chi connectivity index (χ4v) is 6.29. The van der Waals surface area contributed by atoms with Gasteiger partial charge in [0.05, 0.1) is 11.4 Å². The topological polar surface area (TPSA) is 104 Å². The van der Waals surface area contributed by atoms with Crippen molar-refractivity contribution in [1.29, 1.82) is 0 Å². The summed E-state index contributed by atoms with van der Waals surface area (Å²) >= 11 is 1.96. The van der Waals surface area contributed by atoms with Gasteiger partial charge in [0.1, 0.15) is 11.4 Å². The van der Waals surface area contributed by atoms with Crippen LogP contribution in [0.15, 0.2) is 40.2 Å². The SMILES string of the molecule is NC(=Nc1ccc2c(c1)CN(C1CCSCC1)C2=O)c1c(NC2CCCCC2)cc[nH]c1=O. The summed E-state index contributed by atoms with van der Waals surface area (Å²) in [6.07, 6.45) is 9.60. The molecular formula is C25H31N5O2S. The van der Waals surface area contributed by atoms with Crippen molar-refractivity contribution in [1.82, 2.24) is 9.88 Å². The number of hydrogen-bond acceptors (Lipinski definition) is 5. The maximum absolute atomic E-state index is 12.9. The number of nitrogens with zero attached hydrogens (tertiary/aromatic N) is 2. The van der Waals surface area contributed by atoms with Gasteiger partial charge in [-0.05, 0) is 67.0 Å². The van der Waals surface area contributed by atoms with Gasteiger partial charge in [-0.1, -0.05) is 19.3 Å². The molecule has 1 aliphatic carbocycles. The van der Waals surface area contributed by atoms with Crippen molar-refractivity contribution in [3.8, 4) is 0 Å². The number of rotatable bonds is 5. The summed E-state index contributed by atoms with van der Waals surface area (Å²) in [4.78, 5) is 34.9. The lowest BCUT2D eigenvalue weighted by Crippen LogP contribution is -2.37. The van der Waals surface area contributed by atoms with Crippen LogP contribution in [0.1, 0.15) is 66.4 Å². The normalized spacial score (nSPS) is 20.2. The molecule has 1 amide bonds. The average molecular weight is 466 g/mol. The summed E-state index contributed by atoms with van der Waals surface area (Å²) in [6.45, 7) is 0.618. The fraction of sp³-hybridized carbons (Fsp3) is 0.480. The Kier molecular flexibility index (Phi) is 6.44. The van der Waals surface area contributed by atoms with Gasteiger partial charge in [0.25, 0.3) is 11.5 Å². The predicted octanol–water partition coefficient (Wildman–Crippen LogP) is 4.01. The van der Waals surface area contributed by atoms with Crippen LogP contribution in [-0.4, -0.2) is 45.2 Å². The maximum Gasteiger partial charge on any atom is 0.261 e. The molecule has 1 aromatic heterocycles. The minimum absolute atomic E-state index is 0.115. The van der Waals surface area contributed by atoms with E-state index in [2.05, 4.69) is 15.3 Å². The molecule has 4 N–H and O–H groups in total. The van der Waals surface area contributed by atoms with E-state index in [4.69, 9.17) is 5.73 Å². The van der Waals surface area contributed by atoms with Crippen LogP contribution >= 0.6 is 11.8 Å². The molecule has 0 bridgehead atoms. The minimum atomic E-state index is -0.255. The molecule has 1 aromatic carbocycles. The summed E-state index contributed by atoms with van der Waals surface area (Å²) in [5.41, 5.74) is 9.60. The lowest BCUT2D eigenvalue weighted by Gasteiger charge is -2.30. The zero-order valence-corrected chi connectivity index (χ0v) is 19.6. The van der Waals surface area contributed by atoms with Crippen molar-refractivity contribution in [3.05, 3.63) is 57.5 Å². The third kappa shape index (κ3) is 4.67. The van der Waals surface area contributed by atoms with Gasteiger partial charge >= 0.3 is 0 Å². The molecule has 7 nitrogen and oxygen atoms in total. The summed E-state index contributed by atoms with van der Waals surface area (Å²) < 4.78 is 0. The molecular weight excluding hydrogens is 434 g/mol. The second kappa shape index (κ2) is 9.63. The maximum atomic E-state index is 12.9. The van der Waals surface area contributed by atoms with Crippen molar-refractivity contribution in [2.45, 2.75) is 63.6 Å². The third-order valence-electron chi connectivity index (χ3n) is 6.98. The third-order valence-corrected chi connectivity index (χ3v) is 8.03. The number of carbonyl (C=O) groups excluding carboxylic acids is 1. The lowest BCUT2D eigenvalue weighted by molar-refractivity contribution is 0.0693. The van der Waals surface area contributed by atoms with Gasteiger partial charge in [-0.3, -0.25) is 9.59 Å². The number of pyridine rings is 1. The number of thioether (sulfide) groups is 1. The number of amides is 1. The van der Waals surface area contributed by atoms with Crippen LogP contribution in [0, 0.1) is 0 Å². The molecule has 3 heterocycles. The van der Waals surface area contributed by atoms with E-state index in [0.29, 0.717) is 29.9 Å². The van der Waals surface area contributed by atoms with E-state index in [1.165, 1.54) is 19.3 Å². The molecule has 0 spiro atoms. The van der Waals surface area contributed by atoms with Crippen LogP contribution < -0.4 is 16.6 Å². The number of H-pyrrole nitrogens is 1. The van der Waals surface area contributed by atoms with Gasteiger partial charge in [-0.2, -0.15) is 11.8 Å². The van der Waals surface area contributed by atoms with Gasteiger partial charge in [0.2, 0.25) is 0 Å². The van der Waals surface area contributed by atoms with Crippen LogP contribution in [-0.2, 0) is 6.54 Å². The van der Waals surface area contributed by atoms with Gasteiger partial charge in [-0.15, -0.1) is 0 Å². The van der Waals surface area contributed by atoms with E-state index in [0.717, 1.165) is 54.0 Å². The van der Waals surface area contributed by atoms with Crippen molar-refractivity contribution >= 4 is 34.9 Å². The highest BCUT2D eigenvalue weighted by Crippen LogP contribution is 2.32. The van der Waals surface area contributed by atoms with Gasteiger partial charge in [0, 0.05) is 30.4 Å². The standard InChI is InChI=1S/C25H31N5O2S/c26-23(22-21(8-11-27-24(22)31)28-17-4-2-1-3-5-17)29-18-6-7-20-16(14-18)15-30(25(20)32)19-9-12-33-13-10-19/h6-8,11,14,17,19H,1-5,9-10,12-13,15H2,(H2,26,29)(H2,27,28,31). The molecule has 5 rings (SSSR count). The Hall–Kier alpha value is -2.74. The Morgan fingerprint density at radius 3 is 2.67 bits per heavy atom. The largest absolute Gasteiger partial charge is 0.383 e. The first-order chi connectivity index (χ1) is 16.1. The zero-order chi connectivity index (χ0) is 22.8. The van der Waals surface area contributed by atoms with E-state index in [1.807, 2.05) is 40.9 Å². The Morgan fingerprint density at radius 1 is 1.09 bits per heavy atom. The summed E-state index contributed by atoms with van der Waals surface area (Å²) in [6, 6.07) is 8.12. The lowest BCUT2D eigenvalue weighted by atomic mass is 9.95. The number of carbonyl (C=O) groups is 1. The van der Waals surface area contributed by atoms with Crippen molar-refractivity contribution in [3.63, 3.8) is 0 Å². The van der Waals surface area contributed by atoms with Crippen LogP contribution in [0.2, 0.25) is 0 Å². The highest BCUT2D eigenvalue weighted by molar-refractivity contribution is 7.99. The number of aromatic amines is 1. The molecule has 3 aliphatic rings.